The van der Waals surface area contributed by atoms with Gasteiger partial charge >= 0.3 is 0 Å². The lowest BCUT2D eigenvalue weighted by molar-refractivity contribution is -0.133. The number of aromatic nitrogens is 1. The molecule has 1 aromatic heterocycles. The van der Waals surface area contributed by atoms with Crippen molar-refractivity contribution in [1.29, 1.82) is 0 Å². The van der Waals surface area contributed by atoms with E-state index in [0.717, 1.165) is 16.1 Å². The number of fused-ring (bicyclic) bond motifs is 5. The van der Waals surface area contributed by atoms with Gasteiger partial charge in [-0.25, -0.2) is 13.4 Å². The number of aliphatic hydroxyl groups excluding tert-OH is 1. The molecule has 6 rings (SSSR count). The fraction of sp³-hybridized carbons (Fsp3) is 0.452. The first kappa shape index (κ1) is 30.7. The van der Waals surface area contributed by atoms with Gasteiger partial charge in [-0.1, -0.05) is 18.2 Å². The van der Waals surface area contributed by atoms with E-state index in [4.69, 9.17) is 9.47 Å². The zero-order valence-electron chi connectivity index (χ0n) is 24.3. The topological polar surface area (TPSA) is 147 Å². The smallest absolute Gasteiger partial charge is 0.255 e. The fourth-order valence-corrected chi connectivity index (χ4v) is 7.36. The van der Waals surface area contributed by atoms with Gasteiger partial charge in [0.25, 0.3) is 5.91 Å². The lowest BCUT2D eigenvalue weighted by Gasteiger charge is -2.34. The summed E-state index contributed by atoms with van der Waals surface area (Å²) in [4.78, 5) is 33.7. The number of rotatable bonds is 4. The van der Waals surface area contributed by atoms with E-state index in [0.29, 0.717) is 50.1 Å². The van der Waals surface area contributed by atoms with E-state index < -0.39 is 28.1 Å². The van der Waals surface area contributed by atoms with E-state index >= 15 is 0 Å². The Morgan fingerprint density at radius 2 is 1.89 bits per heavy atom. The van der Waals surface area contributed by atoms with Gasteiger partial charge < -0.3 is 25.2 Å². The average Bonchev–Trinajstić information content (AvgIpc) is 3.66. The number of carbonyl (C=O) groups excluding carboxylic acids is 2. The van der Waals surface area contributed by atoms with E-state index in [9.17, 15) is 23.1 Å². The van der Waals surface area contributed by atoms with Crippen molar-refractivity contribution in [1.82, 2.24) is 20.5 Å². The van der Waals surface area contributed by atoms with Crippen molar-refractivity contribution in [3.8, 4) is 16.9 Å². The molecule has 234 valence electrons. The quantitative estimate of drug-likeness (QED) is 0.391. The number of sulfone groups is 1. The van der Waals surface area contributed by atoms with Crippen molar-refractivity contribution >= 4 is 33.0 Å². The summed E-state index contributed by atoms with van der Waals surface area (Å²) in [7, 11) is -3.33. The van der Waals surface area contributed by atoms with Crippen molar-refractivity contribution < 1.29 is 32.6 Å². The third-order valence-corrected chi connectivity index (χ3v) is 10.4. The molecule has 13 heteroatoms. The van der Waals surface area contributed by atoms with Gasteiger partial charge in [0.15, 0.2) is 9.84 Å². The minimum Gasteiger partial charge on any atom is -0.493 e. The van der Waals surface area contributed by atoms with Crippen LogP contribution in [0.3, 0.4) is 0 Å². The molecule has 2 amide bonds. The van der Waals surface area contributed by atoms with Gasteiger partial charge in [0.2, 0.25) is 5.91 Å². The minimum absolute atomic E-state index is 0.168. The average molecular weight is 641 g/mol. The summed E-state index contributed by atoms with van der Waals surface area (Å²) in [6.45, 7) is 1.42. The third-order valence-electron chi connectivity index (χ3n) is 8.46. The molecule has 2 aromatic carbocycles. The monoisotopic (exact) mass is 640 g/mol. The lowest BCUT2D eigenvalue weighted by atomic mass is 9.99. The Labute approximate surface area is 260 Å². The predicted molar refractivity (Wildman–Crippen MR) is 164 cm³/mol. The number of nitrogens with one attached hydrogen (secondary N) is 2. The lowest BCUT2D eigenvalue weighted by Crippen LogP contribution is -2.50. The maximum atomic E-state index is 13.7. The Hall–Kier alpha value is -3.36. The first-order chi connectivity index (χ1) is 21.1. The van der Waals surface area contributed by atoms with Gasteiger partial charge in [0.1, 0.15) is 16.9 Å². The predicted octanol–water partition coefficient (Wildman–Crippen LogP) is 2.39. The minimum atomic E-state index is -3.33. The number of benzene rings is 2. The van der Waals surface area contributed by atoms with E-state index in [-0.39, 0.29) is 42.0 Å². The van der Waals surface area contributed by atoms with Crippen molar-refractivity contribution in [2.75, 3.05) is 26.0 Å². The first-order valence-corrected chi connectivity index (χ1v) is 17.5. The summed E-state index contributed by atoms with van der Waals surface area (Å²) >= 11 is 1.51. The molecule has 0 aliphatic carbocycles. The summed E-state index contributed by atoms with van der Waals surface area (Å²) in [5.74, 6) is -0.0689. The van der Waals surface area contributed by atoms with Crippen LogP contribution in [0.5, 0.6) is 5.75 Å². The van der Waals surface area contributed by atoms with Gasteiger partial charge in [-0.2, -0.15) is 0 Å². The van der Waals surface area contributed by atoms with Crippen LogP contribution >= 0.6 is 11.3 Å². The number of hydrogen-bond acceptors (Lipinski definition) is 10. The highest BCUT2D eigenvalue weighted by molar-refractivity contribution is 7.90. The summed E-state index contributed by atoms with van der Waals surface area (Å²) < 4.78 is 36.3. The van der Waals surface area contributed by atoms with Crippen molar-refractivity contribution in [2.45, 2.75) is 67.5 Å². The molecule has 11 nitrogen and oxygen atoms in total. The number of amides is 2. The number of nitrogens with zero attached hydrogens (tertiary/aromatic N) is 2. The third kappa shape index (κ3) is 6.97. The molecule has 0 saturated carbocycles. The normalized spacial score (nSPS) is 26.7. The number of likely N-dealkylation sites (tertiary alicyclic amines) is 1. The number of ether oxygens (including phenoxy) is 2. The van der Waals surface area contributed by atoms with Crippen molar-refractivity contribution in [2.24, 2.45) is 0 Å². The Balaban J connectivity index is 1.29. The van der Waals surface area contributed by atoms with Gasteiger partial charge in [-0.3, -0.25) is 14.5 Å². The molecule has 4 bridgehead atoms. The van der Waals surface area contributed by atoms with Crippen LogP contribution < -0.4 is 15.4 Å². The second-order valence-corrected chi connectivity index (χ2v) is 14.6. The first-order valence-electron chi connectivity index (χ1n) is 14.8. The van der Waals surface area contributed by atoms with Crippen LogP contribution in [0.15, 0.2) is 58.9 Å². The molecular formula is C31H36N4O7S2. The molecule has 5 atom stereocenters. The number of carbonyl (C=O) groups is 2. The number of aliphatic hydroxyl groups is 1. The Morgan fingerprint density at radius 3 is 2.64 bits per heavy atom. The van der Waals surface area contributed by atoms with Crippen LogP contribution in [0, 0.1) is 0 Å². The summed E-state index contributed by atoms with van der Waals surface area (Å²) in [6.07, 6.45) is 3.69. The summed E-state index contributed by atoms with van der Waals surface area (Å²) in [5.41, 5.74) is 1.92. The highest BCUT2D eigenvalue weighted by Gasteiger charge is 2.39. The molecule has 3 aromatic rings. The van der Waals surface area contributed by atoms with E-state index in [2.05, 4.69) is 15.6 Å². The Kier molecular flexibility index (Phi) is 9.01. The van der Waals surface area contributed by atoms with Gasteiger partial charge in [0, 0.05) is 43.4 Å². The maximum absolute atomic E-state index is 13.7. The highest BCUT2D eigenvalue weighted by Crippen LogP contribution is 2.31. The Morgan fingerprint density at radius 1 is 1.09 bits per heavy atom. The molecule has 3 aliphatic rings. The molecule has 3 aliphatic heterocycles. The molecule has 0 unspecified atom stereocenters. The van der Waals surface area contributed by atoms with E-state index in [1.807, 2.05) is 16.3 Å². The second kappa shape index (κ2) is 12.9. The SMILES string of the molecule is CS(=O)(=O)c1ccc(-c2ccc3c(c2)OCC[C@@H]2CC[C@H](O)[C@@H](CNC(=O)[C@@H]4C[C@@H](CN4Cc4nccs4)NC3=O)O2)cc1. The van der Waals surface area contributed by atoms with Crippen LogP contribution in [-0.4, -0.2) is 91.6 Å². The standard InChI is InChI=1S/C31H36N4O7S2/c1-44(39,40)23-6-2-19(3-7-23)20-4-8-24-27(14-20)41-12-10-22-5-9-26(36)28(42-22)16-33-31(38)25-15-21(34-30(24)37)17-35(25)18-29-32-11-13-43-29/h2-4,6-8,11,13-14,21-22,25-26,28,36H,5,9-10,12,15-18H2,1H3,(H,33,38)(H,34,37)/t21-,22-,25-,26-,28+/m0/s1. The molecule has 2 saturated heterocycles. The van der Waals surface area contributed by atoms with Gasteiger partial charge in [-0.15, -0.1) is 11.3 Å². The molecule has 0 radical (unpaired) electrons. The van der Waals surface area contributed by atoms with Crippen molar-refractivity contribution in [3.63, 3.8) is 0 Å². The van der Waals surface area contributed by atoms with Crippen LogP contribution in [-0.2, 0) is 25.9 Å². The van der Waals surface area contributed by atoms with Crippen LogP contribution in [0.4, 0.5) is 0 Å². The molecular weight excluding hydrogens is 604 g/mol. The van der Waals surface area contributed by atoms with E-state index in [1.165, 1.54) is 17.6 Å². The van der Waals surface area contributed by atoms with Crippen molar-refractivity contribution in [3.05, 3.63) is 64.6 Å². The second-order valence-electron chi connectivity index (χ2n) is 11.6. The van der Waals surface area contributed by atoms with Gasteiger partial charge in [-0.05, 0) is 54.7 Å². The Bertz CT molecular complexity index is 1600. The van der Waals surface area contributed by atoms with Gasteiger partial charge in [0.05, 0.1) is 41.9 Å². The highest BCUT2D eigenvalue weighted by atomic mass is 32.2. The van der Waals surface area contributed by atoms with Crippen LogP contribution in [0.2, 0.25) is 0 Å². The number of thiazole rings is 1. The zero-order chi connectivity index (χ0) is 30.8. The number of hydrogen-bond donors (Lipinski definition) is 3. The molecule has 4 heterocycles. The van der Waals surface area contributed by atoms with Crippen LogP contribution in [0.1, 0.15) is 41.0 Å². The molecule has 2 fully saturated rings. The fourth-order valence-electron chi connectivity index (χ4n) is 6.09. The summed E-state index contributed by atoms with van der Waals surface area (Å²) in [6, 6.07) is 11.1. The van der Waals surface area contributed by atoms with Crippen LogP contribution in [0.25, 0.3) is 11.1 Å². The molecule has 44 heavy (non-hydrogen) atoms. The zero-order valence-corrected chi connectivity index (χ0v) is 26.0. The van der Waals surface area contributed by atoms with E-state index in [1.54, 1.807) is 42.6 Å². The molecule has 0 spiro atoms. The molecule has 3 N–H and O–H groups in total. The largest absolute Gasteiger partial charge is 0.493 e. The summed E-state index contributed by atoms with van der Waals surface area (Å²) in [5, 5.41) is 19.5. The maximum Gasteiger partial charge on any atom is 0.255 e.